The maximum Gasteiger partial charge on any atom is 0.156 e. The lowest BCUT2D eigenvalue weighted by Gasteiger charge is -2.31. The van der Waals surface area contributed by atoms with Crippen LogP contribution in [0.2, 0.25) is 0 Å². The highest BCUT2D eigenvalue weighted by Crippen LogP contribution is 2.37. The summed E-state index contributed by atoms with van der Waals surface area (Å²) in [5.74, 6) is 0. The quantitative estimate of drug-likeness (QED) is 0.814. The van der Waals surface area contributed by atoms with E-state index in [1.807, 2.05) is 11.8 Å². The topological polar surface area (TPSA) is 36.3 Å². The average Bonchev–Trinajstić information content (AvgIpc) is 2.81. The first-order chi connectivity index (χ1) is 8.85. The van der Waals surface area contributed by atoms with Crippen LogP contribution in [0.25, 0.3) is 0 Å². The predicted molar refractivity (Wildman–Crippen MR) is 71.6 cm³/mol. The Morgan fingerprint density at radius 2 is 2.33 bits per heavy atom. The van der Waals surface area contributed by atoms with E-state index in [2.05, 4.69) is 35.2 Å². The van der Waals surface area contributed by atoms with Gasteiger partial charge >= 0.3 is 0 Å². The summed E-state index contributed by atoms with van der Waals surface area (Å²) in [4.78, 5) is 3.79. The summed E-state index contributed by atoms with van der Waals surface area (Å²) in [7, 11) is 0. The van der Waals surface area contributed by atoms with Crippen molar-refractivity contribution in [3.8, 4) is 6.07 Å². The molecule has 2 heterocycles. The molecule has 3 rings (SSSR count). The Kier molecular flexibility index (Phi) is 3.55. The van der Waals surface area contributed by atoms with Gasteiger partial charge in [-0.3, -0.25) is 4.90 Å². The second-order valence-electron chi connectivity index (χ2n) is 4.80. The highest BCUT2D eigenvalue weighted by molar-refractivity contribution is 8.00. The minimum Gasteiger partial charge on any atom is -0.361 e. The first-order valence-corrected chi connectivity index (χ1v) is 7.21. The van der Waals surface area contributed by atoms with Crippen LogP contribution in [0.15, 0.2) is 29.2 Å². The van der Waals surface area contributed by atoms with E-state index < -0.39 is 0 Å². The fourth-order valence-electron chi connectivity index (χ4n) is 2.59. The molecular formula is C14H16N2OS. The van der Waals surface area contributed by atoms with Crippen LogP contribution in [0, 0.1) is 11.3 Å². The molecule has 2 aliphatic heterocycles. The van der Waals surface area contributed by atoms with Crippen molar-refractivity contribution in [3.63, 3.8) is 0 Å². The van der Waals surface area contributed by atoms with Gasteiger partial charge in [-0.15, -0.1) is 11.8 Å². The Labute approximate surface area is 112 Å². The van der Waals surface area contributed by atoms with Gasteiger partial charge in [0, 0.05) is 29.8 Å². The van der Waals surface area contributed by atoms with Crippen LogP contribution >= 0.6 is 11.8 Å². The second-order valence-corrected chi connectivity index (χ2v) is 6.14. The molecule has 0 aromatic heterocycles. The van der Waals surface area contributed by atoms with Gasteiger partial charge in [0.15, 0.2) is 6.10 Å². The SMILES string of the molecule is N#CC1CN(CC2Cc3ccccc3S2)CCO1. The van der Waals surface area contributed by atoms with E-state index in [4.69, 9.17) is 10.00 Å². The molecule has 2 aliphatic rings. The Balaban J connectivity index is 1.58. The maximum atomic E-state index is 8.90. The summed E-state index contributed by atoms with van der Waals surface area (Å²) in [6, 6.07) is 10.9. The van der Waals surface area contributed by atoms with Gasteiger partial charge in [0.2, 0.25) is 0 Å². The van der Waals surface area contributed by atoms with Crippen LogP contribution in [0.5, 0.6) is 0 Å². The normalized spacial score (nSPS) is 27.7. The van der Waals surface area contributed by atoms with E-state index >= 15 is 0 Å². The number of nitrogens with zero attached hydrogens (tertiary/aromatic N) is 2. The second kappa shape index (κ2) is 5.31. The summed E-state index contributed by atoms with van der Waals surface area (Å²) in [6.07, 6.45) is 0.905. The molecule has 18 heavy (non-hydrogen) atoms. The summed E-state index contributed by atoms with van der Waals surface area (Å²) >= 11 is 1.97. The molecule has 1 saturated heterocycles. The van der Waals surface area contributed by atoms with Gasteiger partial charge in [-0.2, -0.15) is 5.26 Å². The minimum absolute atomic E-state index is 0.243. The fourth-order valence-corrected chi connectivity index (χ4v) is 3.96. The molecule has 0 saturated carbocycles. The molecule has 3 nitrogen and oxygen atoms in total. The zero-order valence-electron chi connectivity index (χ0n) is 10.2. The van der Waals surface area contributed by atoms with Crippen LogP contribution in [0.1, 0.15) is 5.56 Å². The van der Waals surface area contributed by atoms with E-state index in [1.165, 1.54) is 10.5 Å². The summed E-state index contributed by atoms with van der Waals surface area (Å²) < 4.78 is 5.37. The number of nitriles is 1. The lowest BCUT2D eigenvalue weighted by molar-refractivity contribution is 0.000933. The highest BCUT2D eigenvalue weighted by atomic mass is 32.2. The molecule has 1 aromatic rings. The number of benzene rings is 1. The number of thioether (sulfide) groups is 1. The summed E-state index contributed by atoms with van der Waals surface area (Å²) in [6.45, 7) is 3.44. The Hall–Kier alpha value is -1.02. The van der Waals surface area contributed by atoms with Crippen molar-refractivity contribution in [1.82, 2.24) is 4.90 Å². The number of fused-ring (bicyclic) bond motifs is 1. The van der Waals surface area contributed by atoms with Gasteiger partial charge < -0.3 is 4.74 Å². The third kappa shape index (κ3) is 2.54. The molecule has 0 bridgehead atoms. The third-order valence-electron chi connectivity index (χ3n) is 3.47. The predicted octanol–water partition coefficient (Wildman–Crippen LogP) is 1.93. The molecule has 0 aliphatic carbocycles. The largest absolute Gasteiger partial charge is 0.361 e. The lowest BCUT2D eigenvalue weighted by Crippen LogP contribution is -2.44. The van der Waals surface area contributed by atoms with Crippen molar-refractivity contribution in [2.24, 2.45) is 0 Å². The first kappa shape index (κ1) is 12.0. The van der Waals surface area contributed by atoms with Crippen LogP contribution in [0.4, 0.5) is 0 Å². The van der Waals surface area contributed by atoms with Crippen LogP contribution in [-0.4, -0.2) is 42.5 Å². The molecular weight excluding hydrogens is 244 g/mol. The van der Waals surface area contributed by atoms with Crippen molar-refractivity contribution in [1.29, 1.82) is 5.26 Å². The van der Waals surface area contributed by atoms with Gasteiger partial charge in [-0.05, 0) is 18.1 Å². The van der Waals surface area contributed by atoms with Gasteiger partial charge in [0.05, 0.1) is 12.7 Å². The standard InChI is InChI=1S/C14H16N2OS/c15-8-12-9-16(5-6-17-12)10-13-7-11-3-1-2-4-14(11)18-13/h1-4,12-13H,5-7,9-10H2. The minimum atomic E-state index is -0.243. The van der Waals surface area contributed by atoms with Gasteiger partial charge in [-0.25, -0.2) is 0 Å². The zero-order chi connectivity index (χ0) is 12.4. The van der Waals surface area contributed by atoms with Crippen molar-refractivity contribution >= 4 is 11.8 Å². The fraction of sp³-hybridized carbons (Fsp3) is 0.500. The van der Waals surface area contributed by atoms with Crippen molar-refractivity contribution in [2.45, 2.75) is 22.7 Å². The van der Waals surface area contributed by atoms with Gasteiger partial charge in [0.1, 0.15) is 0 Å². The van der Waals surface area contributed by atoms with Gasteiger partial charge in [-0.1, -0.05) is 18.2 Å². The third-order valence-corrected chi connectivity index (χ3v) is 4.77. The molecule has 1 fully saturated rings. The maximum absolute atomic E-state index is 8.90. The van der Waals surface area contributed by atoms with Crippen LogP contribution in [0.3, 0.4) is 0 Å². The number of hydrogen-bond acceptors (Lipinski definition) is 4. The highest BCUT2D eigenvalue weighted by Gasteiger charge is 2.27. The smallest absolute Gasteiger partial charge is 0.156 e. The van der Waals surface area contributed by atoms with Crippen molar-refractivity contribution in [3.05, 3.63) is 29.8 Å². The number of rotatable bonds is 2. The first-order valence-electron chi connectivity index (χ1n) is 6.33. The Bertz CT molecular complexity index is 446. The van der Waals surface area contributed by atoms with Crippen molar-refractivity contribution < 1.29 is 4.74 Å². The van der Waals surface area contributed by atoms with E-state index in [-0.39, 0.29) is 6.10 Å². The average molecular weight is 260 g/mol. The molecule has 0 radical (unpaired) electrons. The number of hydrogen-bond donors (Lipinski definition) is 0. The molecule has 2 unspecified atom stereocenters. The van der Waals surface area contributed by atoms with E-state index in [1.54, 1.807) is 0 Å². The van der Waals surface area contributed by atoms with E-state index in [9.17, 15) is 0 Å². The van der Waals surface area contributed by atoms with E-state index in [0.717, 1.165) is 26.1 Å². The molecule has 0 N–H and O–H groups in total. The monoisotopic (exact) mass is 260 g/mol. The molecule has 94 valence electrons. The van der Waals surface area contributed by atoms with Crippen molar-refractivity contribution in [2.75, 3.05) is 26.2 Å². The Morgan fingerprint density at radius 1 is 1.44 bits per heavy atom. The Morgan fingerprint density at radius 3 is 3.17 bits per heavy atom. The van der Waals surface area contributed by atoms with Gasteiger partial charge in [0.25, 0.3) is 0 Å². The zero-order valence-corrected chi connectivity index (χ0v) is 11.0. The van der Waals surface area contributed by atoms with Crippen LogP contribution < -0.4 is 0 Å². The lowest BCUT2D eigenvalue weighted by atomic mass is 10.1. The summed E-state index contributed by atoms with van der Waals surface area (Å²) in [5, 5.41) is 9.53. The molecule has 0 spiro atoms. The molecule has 1 aromatic carbocycles. The van der Waals surface area contributed by atoms with E-state index in [0.29, 0.717) is 11.9 Å². The number of morpholine rings is 1. The summed E-state index contributed by atoms with van der Waals surface area (Å²) in [5.41, 5.74) is 1.47. The molecule has 2 atom stereocenters. The molecule has 4 heteroatoms. The molecule has 0 amide bonds. The number of ether oxygens (including phenoxy) is 1. The van der Waals surface area contributed by atoms with Crippen LogP contribution in [-0.2, 0) is 11.2 Å².